The number of hydrogen-bond donors (Lipinski definition) is 9. The van der Waals surface area contributed by atoms with Crippen molar-refractivity contribution in [2.45, 2.75) is 70.3 Å². The Balaban J connectivity index is 5.28. The van der Waals surface area contributed by atoms with Gasteiger partial charge in [-0.25, -0.2) is 4.79 Å². The number of nitrogens with one attached hydrogen (secondary N) is 3. The number of aliphatic hydroxyl groups excluding tert-OH is 2. The zero-order chi connectivity index (χ0) is 25.7. The molecule has 14 nitrogen and oxygen atoms in total. The Morgan fingerprint density at radius 2 is 1.52 bits per heavy atom. The first-order valence-corrected chi connectivity index (χ1v) is 10.6. The highest BCUT2D eigenvalue weighted by atomic mass is 16.4. The number of amides is 3. The average Bonchev–Trinajstić information content (AvgIpc) is 2.74. The summed E-state index contributed by atoms with van der Waals surface area (Å²) < 4.78 is 0. The third-order valence-electron chi connectivity index (χ3n) is 4.96. The van der Waals surface area contributed by atoms with E-state index in [0.29, 0.717) is 12.8 Å². The molecule has 0 saturated heterocycles. The van der Waals surface area contributed by atoms with Crippen LogP contribution in [0.3, 0.4) is 0 Å². The van der Waals surface area contributed by atoms with Crippen molar-refractivity contribution in [1.82, 2.24) is 16.0 Å². The Morgan fingerprint density at radius 1 is 0.970 bits per heavy atom. The first-order chi connectivity index (χ1) is 15.3. The Hall–Kier alpha value is -2.97. The number of guanidine groups is 1. The normalized spacial score (nSPS) is 16.3. The van der Waals surface area contributed by atoms with E-state index in [1.807, 2.05) is 5.32 Å². The van der Waals surface area contributed by atoms with Gasteiger partial charge in [-0.2, -0.15) is 0 Å². The molecule has 0 unspecified atom stereocenters. The minimum Gasteiger partial charge on any atom is -0.480 e. The molecule has 12 N–H and O–H groups in total. The molecule has 0 heterocycles. The summed E-state index contributed by atoms with van der Waals surface area (Å²) in [5.74, 6) is -4.28. The molecule has 0 aliphatic rings. The number of carbonyl (C=O) groups excluding carboxylic acids is 3. The van der Waals surface area contributed by atoms with Gasteiger partial charge in [0.1, 0.15) is 18.1 Å². The van der Waals surface area contributed by atoms with Crippen LogP contribution in [0.5, 0.6) is 0 Å². The zero-order valence-corrected chi connectivity index (χ0v) is 19.2. The van der Waals surface area contributed by atoms with Crippen LogP contribution in [-0.4, -0.2) is 88.4 Å². The number of carbonyl (C=O) groups is 4. The molecule has 14 heteroatoms. The number of aliphatic carboxylic acids is 1. The van der Waals surface area contributed by atoms with Crippen molar-refractivity contribution in [2.75, 3.05) is 13.2 Å². The first kappa shape index (κ1) is 30.0. The summed E-state index contributed by atoms with van der Waals surface area (Å²) in [7, 11) is 0. The van der Waals surface area contributed by atoms with Crippen molar-refractivity contribution in [3.8, 4) is 0 Å². The molecule has 0 aromatic carbocycles. The summed E-state index contributed by atoms with van der Waals surface area (Å²) in [6.45, 7) is 4.13. The van der Waals surface area contributed by atoms with Gasteiger partial charge in [-0.3, -0.25) is 19.4 Å². The second kappa shape index (κ2) is 15.0. The number of aliphatic imine (C=N–C) groups is 1. The van der Waals surface area contributed by atoms with Gasteiger partial charge in [-0.15, -0.1) is 0 Å². The maximum atomic E-state index is 12.9. The van der Waals surface area contributed by atoms with Crippen LogP contribution in [0.25, 0.3) is 0 Å². The third-order valence-corrected chi connectivity index (χ3v) is 4.96. The van der Waals surface area contributed by atoms with Crippen LogP contribution in [0.4, 0.5) is 0 Å². The van der Waals surface area contributed by atoms with Gasteiger partial charge in [0.15, 0.2) is 5.96 Å². The topological polar surface area (TPSA) is 255 Å². The summed E-state index contributed by atoms with van der Waals surface area (Å²) in [6.07, 6.45) is -0.205. The highest BCUT2D eigenvalue weighted by molar-refractivity contribution is 5.94. The van der Waals surface area contributed by atoms with E-state index >= 15 is 0 Å². The highest BCUT2D eigenvalue weighted by Gasteiger charge is 2.34. The standard InChI is InChI=1S/C19H37N7O7/c1-4-9(2)13(25-15(29)11(20)6-5-7-23-19(21)22)16(30)26-14(10(3)28)17(31)24-12(8-27)18(32)33/h9-14,27-28H,4-8,20H2,1-3H3,(H,24,31)(H,25,29)(H,26,30)(H,32,33)(H4,21,22,23)/t9-,10+,11+,12-,13-,14-/m0/s1. The first-order valence-electron chi connectivity index (χ1n) is 10.6. The molecule has 0 bridgehead atoms. The minimum atomic E-state index is -1.61. The smallest absolute Gasteiger partial charge is 0.328 e. The van der Waals surface area contributed by atoms with Crippen molar-refractivity contribution in [1.29, 1.82) is 0 Å². The number of nitrogens with two attached hydrogens (primary N) is 3. The van der Waals surface area contributed by atoms with Gasteiger partial charge >= 0.3 is 5.97 Å². The van der Waals surface area contributed by atoms with Crippen LogP contribution >= 0.6 is 0 Å². The number of nitrogens with zero attached hydrogens (tertiary/aromatic N) is 1. The predicted octanol–water partition coefficient (Wildman–Crippen LogP) is -3.67. The fourth-order valence-electron chi connectivity index (χ4n) is 2.71. The lowest BCUT2D eigenvalue weighted by Crippen LogP contribution is -2.61. The van der Waals surface area contributed by atoms with Crippen molar-refractivity contribution in [3.05, 3.63) is 0 Å². The predicted molar refractivity (Wildman–Crippen MR) is 120 cm³/mol. The number of aliphatic hydroxyl groups is 2. The van der Waals surface area contributed by atoms with E-state index in [4.69, 9.17) is 27.4 Å². The van der Waals surface area contributed by atoms with Gasteiger partial charge < -0.3 is 48.5 Å². The molecule has 0 aliphatic heterocycles. The van der Waals surface area contributed by atoms with Crippen LogP contribution in [0.2, 0.25) is 0 Å². The van der Waals surface area contributed by atoms with Gasteiger partial charge in [-0.05, 0) is 25.7 Å². The summed E-state index contributed by atoms with van der Waals surface area (Å²) in [6, 6.07) is -5.15. The molecule has 0 aromatic heterocycles. The molecule has 6 atom stereocenters. The second-order valence-corrected chi connectivity index (χ2v) is 7.74. The molecule has 0 radical (unpaired) electrons. The van der Waals surface area contributed by atoms with E-state index in [-0.39, 0.29) is 24.8 Å². The second-order valence-electron chi connectivity index (χ2n) is 7.74. The molecule has 33 heavy (non-hydrogen) atoms. The SMILES string of the molecule is CC[C@H](C)[C@H](NC(=O)[C@H](N)CCCN=C(N)N)C(=O)N[C@H](C(=O)N[C@@H](CO)C(=O)O)[C@@H](C)O. The van der Waals surface area contributed by atoms with Crippen LogP contribution in [0.1, 0.15) is 40.0 Å². The van der Waals surface area contributed by atoms with Crippen molar-refractivity contribution in [3.63, 3.8) is 0 Å². The molecule has 0 spiro atoms. The quantitative estimate of drug-likeness (QED) is 0.0636. The molecular formula is C19H37N7O7. The van der Waals surface area contributed by atoms with Crippen LogP contribution in [-0.2, 0) is 19.2 Å². The minimum absolute atomic E-state index is 0.0769. The molecule has 0 rings (SSSR count). The van der Waals surface area contributed by atoms with Crippen molar-refractivity contribution >= 4 is 29.7 Å². The van der Waals surface area contributed by atoms with E-state index in [1.54, 1.807) is 13.8 Å². The lowest BCUT2D eigenvalue weighted by Gasteiger charge is -2.28. The van der Waals surface area contributed by atoms with E-state index in [9.17, 15) is 24.3 Å². The molecule has 3 amide bonds. The summed E-state index contributed by atoms with van der Waals surface area (Å²) in [5.41, 5.74) is 16.3. The molecule has 0 saturated carbocycles. The van der Waals surface area contributed by atoms with Crippen LogP contribution < -0.4 is 33.2 Å². The third kappa shape index (κ3) is 10.9. The highest BCUT2D eigenvalue weighted by Crippen LogP contribution is 2.10. The molecule has 190 valence electrons. The molecule has 0 fully saturated rings. The molecule has 0 aliphatic carbocycles. The average molecular weight is 476 g/mol. The zero-order valence-electron chi connectivity index (χ0n) is 19.2. The Bertz CT molecular complexity index is 698. The van der Waals surface area contributed by atoms with Gasteiger partial charge in [0.25, 0.3) is 0 Å². The maximum absolute atomic E-state index is 12.9. The monoisotopic (exact) mass is 475 g/mol. The summed E-state index contributed by atoms with van der Waals surface area (Å²) in [4.78, 5) is 52.6. The van der Waals surface area contributed by atoms with Gasteiger partial charge in [-0.1, -0.05) is 20.3 Å². The van der Waals surface area contributed by atoms with Gasteiger partial charge in [0.2, 0.25) is 17.7 Å². The lowest BCUT2D eigenvalue weighted by molar-refractivity contribution is -0.144. The van der Waals surface area contributed by atoms with E-state index in [0.717, 1.165) is 0 Å². The fraction of sp³-hybridized carbons (Fsp3) is 0.737. The largest absolute Gasteiger partial charge is 0.480 e. The maximum Gasteiger partial charge on any atom is 0.328 e. The van der Waals surface area contributed by atoms with E-state index in [1.165, 1.54) is 6.92 Å². The number of hydrogen-bond acceptors (Lipinski definition) is 8. The Morgan fingerprint density at radius 3 is 1.97 bits per heavy atom. The van der Waals surface area contributed by atoms with Gasteiger partial charge in [0.05, 0.1) is 18.8 Å². The Kier molecular flexibility index (Phi) is 13.6. The lowest BCUT2D eigenvalue weighted by atomic mass is 9.97. The van der Waals surface area contributed by atoms with E-state index in [2.05, 4.69) is 15.6 Å². The fourth-order valence-corrected chi connectivity index (χ4v) is 2.71. The van der Waals surface area contributed by atoms with Crippen LogP contribution in [0.15, 0.2) is 4.99 Å². The van der Waals surface area contributed by atoms with E-state index < -0.39 is 60.6 Å². The summed E-state index contributed by atoms with van der Waals surface area (Å²) >= 11 is 0. The number of carboxylic acid groups (broad SMARTS) is 1. The summed E-state index contributed by atoms with van der Waals surface area (Å²) in [5, 5.41) is 34.9. The molecular weight excluding hydrogens is 438 g/mol. The van der Waals surface area contributed by atoms with Crippen molar-refractivity contribution < 1.29 is 34.5 Å². The van der Waals surface area contributed by atoms with Crippen LogP contribution in [0, 0.1) is 5.92 Å². The molecule has 0 aromatic rings. The van der Waals surface area contributed by atoms with Gasteiger partial charge in [0, 0.05) is 6.54 Å². The Labute approximate surface area is 192 Å². The van der Waals surface area contributed by atoms with Crippen molar-refractivity contribution in [2.24, 2.45) is 28.1 Å². The number of carboxylic acids is 1. The number of rotatable bonds is 15.